The topological polar surface area (TPSA) is 45.1 Å². The van der Waals surface area contributed by atoms with Gasteiger partial charge in [0.05, 0.1) is 20.6 Å². The average molecular weight is 573 g/mol. The molecule has 1 heterocycles. The van der Waals surface area contributed by atoms with Crippen LogP contribution in [0.3, 0.4) is 0 Å². The largest absolute Gasteiger partial charge is 0.486 e. The fourth-order valence-corrected chi connectivity index (χ4v) is 5.39. The molecule has 4 rings (SSSR count). The van der Waals surface area contributed by atoms with Crippen LogP contribution in [0.15, 0.2) is 70.6 Å². The molecule has 0 aromatic heterocycles. The lowest BCUT2D eigenvalue weighted by molar-refractivity contribution is -0.122. The van der Waals surface area contributed by atoms with Gasteiger partial charge in [0, 0.05) is 31.9 Å². The van der Waals surface area contributed by atoms with Crippen LogP contribution in [0.2, 0.25) is 10.0 Å². The van der Waals surface area contributed by atoms with E-state index >= 15 is 0 Å². The monoisotopic (exact) mass is 571 g/mol. The van der Waals surface area contributed by atoms with E-state index in [1.54, 1.807) is 41.3 Å². The van der Waals surface area contributed by atoms with Gasteiger partial charge in [0.1, 0.15) is 12.4 Å². The Morgan fingerprint density at radius 2 is 1.74 bits per heavy atom. The minimum atomic E-state index is -0.366. The van der Waals surface area contributed by atoms with Crippen molar-refractivity contribution in [2.45, 2.75) is 20.5 Å². The first-order valence-corrected chi connectivity index (χ1v) is 13.6. The van der Waals surface area contributed by atoms with Crippen molar-refractivity contribution in [2.75, 3.05) is 25.5 Å². The van der Waals surface area contributed by atoms with Gasteiger partial charge in [-0.2, -0.15) is 0 Å². The molecule has 0 atom stereocenters. The summed E-state index contributed by atoms with van der Waals surface area (Å²) >= 11 is 14.3. The van der Waals surface area contributed by atoms with E-state index in [0.717, 1.165) is 11.4 Å². The van der Waals surface area contributed by atoms with E-state index in [0.29, 0.717) is 27.7 Å². The Labute approximate surface area is 236 Å². The number of thioether (sulfide) groups is 1. The lowest BCUT2D eigenvalue weighted by Gasteiger charge is -2.18. The van der Waals surface area contributed by atoms with Gasteiger partial charge in [0.2, 0.25) is 0 Å². The van der Waals surface area contributed by atoms with Crippen LogP contribution in [-0.4, -0.2) is 36.6 Å². The van der Waals surface area contributed by atoms with Crippen LogP contribution in [0.5, 0.6) is 5.75 Å². The third-order valence-electron chi connectivity index (χ3n) is 5.67. The van der Waals surface area contributed by atoms with E-state index in [2.05, 4.69) is 13.8 Å². The highest BCUT2D eigenvalue weighted by molar-refractivity contribution is 8.18. The molecule has 1 aliphatic rings. The van der Waals surface area contributed by atoms with E-state index < -0.39 is 0 Å². The Morgan fingerprint density at radius 3 is 2.34 bits per heavy atom. The van der Waals surface area contributed by atoms with Crippen molar-refractivity contribution in [3.63, 3.8) is 0 Å². The number of aliphatic imine (C=N–C) groups is 1. The molecule has 38 heavy (non-hydrogen) atoms. The van der Waals surface area contributed by atoms with Crippen LogP contribution in [0.4, 0.5) is 15.8 Å². The molecule has 1 amide bonds. The van der Waals surface area contributed by atoms with Crippen molar-refractivity contribution in [1.82, 2.24) is 4.90 Å². The number of hydrogen-bond acceptors (Lipinski definition) is 5. The first-order chi connectivity index (χ1) is 18.1. The van der Waals surface area contributed by atoms with E-state index in [9.17, 15) is 9.18 Å². The minimum absolute atomic E-state index is 0.0135. The molecular weight excluding hydrogens is 544 g/mol. The molecule has 3 aromatic carbocycles. The van der Waals surface area contributed by atoms with Gasteiger partial charge in [-0.15, -0.1) is 0 Å². The van der Waals surface area contributed by atoms with Crippen LogP contribution < -0.4 is 9.64 Å². The first-order valence-electron chi connectivity index (χ1n) is 12.0. The molecule has 198 valence electrons. The van der Waals surface area contributed by atoms with Gasteiger partial charge in [0.15, 0.2) is 10.9 Å². The Hall–Kier alpha value is -3.00. The highest BCUT2D eigenvalue weighted by atomic mass is 35.5. The summed E-state index contributed by atoms with van der Waals surface area (Å²) < 4.78 is 19.7. The van der Waals surface area contributed by atoms with Gasteiger partial charge in [0.25, 0.3) is 5.91 Å². The van der Waals surface area contributed by atoms with Gasteiger partial charge in [-0.1, -0.05) is 55.2 Å². The van der Waals surface area contributed by atoms with E-state index in [4.69, 9.17) is 32.9 Å². The highest BCUT2D eigenvalue weighted by Gasteiger charge is 2.33. The zero-order valence-corrected chi connectivity index (χ0v) is 23.9. The minimum Gasteiger partial charge on any atom is -0.486 e. The Kier molecular flexibility index (Phi) is 9.03. The molecule has 0 N–H and O–H groups in total. The SMILES string of the molecule is CC(C)CN1C(=O)/C(=C\c2cc(Cl)c(OCc3ccccc3F)c(Cl)c2)SC1=Nc1ccc(N(C)C)cc1. The molecule has 1 aliphatic heterocycles. The van der Waals surface area contributed by atoms with Crippen molar-refractivity contribution in [3.8, 4) is 5.75 Å². The number of amidine groups is 1. The van der Waals surface area contributed by atoms with Crippen LogP contribution in [0.1, 0.15) is 25.0 Å². The number of carbonyl (C=O) groups is 1. The highest BCUT2D eigenvalue weighted by Crippen LogP contribution is 2.39. The second kappa shape index (κ2) is 12.2. The standard InChI is InChI=1S/C29H28Cl2FN3O2S/c1-18(2)16-35-28(36)26(38-29(35)33-21-9-11-22(12-10-21)34(3)4)15-19-13-23(30)27(24(31)14-19)37-17-20-7-5-6-8-25(20)32/h5-15,18H,16-17H2,1-4H3/b26-15+,33-29?. The third-order valence-corrected chi connectivity index (χ3v) is 7.24. The fraction of sp³-hybridized carbons (Fsp3) is 0.241. The molecule has 0 bridgehead atoms. The summed E-state index contributed by atoms with van der Waals surface area (Å²) in [6.45, 7) is 4.65. The summed E-state index contributed by atoms with van der Waals surface area (Å²) in [7, 11) is 3.96. The van der Waals surface area contributed by atoms with Crippen LogP contribution in [-0.2, 0) is 11.4 Å². The Bertz CT molecular complexity index is 1370. The summed E-state index contributed by atoms with van der Waals surface area (Å²) in [6, 6.07) is 17.5. The van der Waals surface area contributed by atoms with Gasteiger partial charge in [-0.3, -0.25) is 9.69 Å². The number of ether oxygens (including phenoxy) is 1. The summed E-state index contributed by atoms with van der Waals surface area (Å²) in [5.41, 5.74) is 2.88. The van der Waals surface area contributed by atoms with Crippen LogP contribution >= 0.6 is 35.0 Å². The summed E-state index contributed by atoms with van der Waals surface area (Å²) in [5, 5.41) is 1.16. The molecule has 0 radical (unpaired) electrons. The molecule has 0 saturated carbocycles. The molecule has 1 fully saturated rings. The molecule has 9 heteroatoms. The number of amides is 1. The maximum Gasteiger partial charge on any atom is 0.266 e. The van der Waals surface area contributed by atoms with Crippen molar-refractivity contribution in [3.05, 3.63) is 92.6 Å². The number of halogens is 3. The smallest absolute Gasteiger partial charge is 0.266 e. The molecule has 1 saturated heterocycles. The van der Waals surface area contributed by atoms with Crippen molar-refractivity contribution in [1.29, 1.82) is 0 Å². The second-order valence-electron chi connectivity index (χ2n) is 9.42. The number of carbonyl (C=O) groups excluding carboxylic acids is 1. The van der Waals surface area contributed by atoms with Gasteiger partial charge in [-0.05, 0) is 71.8 Å². The molecule has 5 nitrogen and oxygen atoms in total. The first kappa shape index (κ1) is 28.0. The van der Waals surface area contributed by atoms with Gasteiger partial charge in [-0.25, -0.2) is 9.38 Å². The second-order valence-corrected chi connectivity index (χ2v) is 11.2. The Morgan fingerprint density at radius 1 is 1.08 bits per heavy atom. The zero-order valence-electron chi connectivity index (χ0n) is 21.5. The summed E-state index contributed by atoms with van der Waals surface area (Å²) in [4.78, 5) is 22.3. The summed E-state index contributed by atoms with van der Waals surface area (Å²) in [5.74, 6) is 0.0263. The number of rotatable bonds is 8. The van der Waals surface area contributed by atoms with E-state index in [1.807, 2.05) is 43.3 Å². The van der Waals surface area contributed by atoms with Gasteiger partial charge >= 0.3 is 0 Å². The maximum absolute atomic E-state index is 13.9. The molecule has 0 spiro atoms. The number of anilines is 1. The predicted octanol–water partition coefficient (Wildman–Crippen LogP) is 8.04. The maximum atomic E-state index is 13.9. The van der Waals surface area contributed by atoms with Crippen molar-refractivity contribution in [2.24, 2.45) is 10.9 Å². The van der Waals surface area contributed by atoms with Crippen molar-refractivity contribution < 1.29 is 13.9 Å². The van der Waals surface area contributed by atoms with E-state index in [1.165, 1.54) is 17.8 Å². The lowest BCUT2D eigenvalue weighted by Crippen LogP contribution is -2.32. The number of nitrogens with zero attached hydrogens (tertiary/aromatic N) is 3. The van der Waals surface area contributed by atoms with Gasteiger partial charge < -0.3 is 9.64 Å². The molecule has 0 aliphatic carbocycles. The predicted molar refractivity (Wildman–Crippen MR) is 157 cm³/mol. The zero-order chi connectivity index (χ0) is 27.4. The van der Waals surface area contributed by atoms with E-state index in [-0.39, 0.29) is 40.0 Å². The normalized spacial score (nSPS) is 15.7. The fourth-order valence-electron chi connectivity index (χ4n) is 3.77. The lowest BCUT2D eigenvalue weighted by atomic mass is 10.2. The molecule has 0 unspecified atom stereocenters. The number of benzene rings is 3. The third kappa shape index (κ3) is 6.70. The van der Waals surface area contributed by atoms with Crippen molar-refractivity contribution >= 4 is 63.5 Å². The Balaban J connectivity index is 1.58. The molecular formula is C29H28Cl2FN3O2S. The molecule has 3 aromatic rings. The summed E-state index contributed by atoms with van der Waals surface area (Å²) in [6.07, 6.45) is 1.75. The van der Waals surface area contributed by atoms with Crippen LogP contribution in [0, 0.1) is 11.7 Å². The average Bonchev–Trinajstić information content (AvgIpc) is 3.13. The number of hydrogen-bond donors (Lipinski definition) is 0. The van der Waals surface area contributed by atoms with Crippen LogP contribution in [0.25, 0.3) is 6.08 Å². The quantitative estimate of drug-likeness (QED) is 0.256.